The van der Waals surface area contributed by atoms with Gasteiger partial charge in [-0.3, -0.25) is 4.67 Å². The lowest BCUT2D eigenvalue weighted by Crippen LogP contribution is -2.33. The molecule has 0 saturated carbocycles. The summed E-state index contributed by atoms with van der Waals surface area (Å²) in [4.78, 5) is 0. The molecule has 1 N–H and O–H groups in total. The summed E-state index contributed by atoms with van der Waals surface area (Å²) in [6.07, 6.45) is 2.47. The van der Waals surface area contributed by atoms with Crippen LogP contribution in [0.1, 0.15) is 26.7 Å². The Kier molecular flexibility index (Phi) is 6.44. The smallest absolute Gasteiger partial charge is 0.0342 e. The molecule has 90 valence electrons. The van der Waals surface area contributed by atoms with Gasteiger partial charge in [0.1, 0.15) is 0 Å². The summed E-state index contributed by atoms with van der Waals surface area (Å²) in [5.41, 5.74) is 1.25. The molecule has 0 radical (unpaired) electrons. The molecule has 0 spiro atoms. The number of para-hydroxylation sites is 1. The van der Waals surface area contributed by atoms with Gasteiger partial charge in [-0.25, -0.2) is 0 Å². The molecule has 2 nitrogen and oxygen atoms in total. The van der Waals surface area contributed by atoms with E-state index < -0.39 is 0 Å². The summed E-state index contributed by atoms with van der Waals surface area (Å²) >= 11 is 0. The summed E-state index contributed by atoms with van der Waals surface area (Å²) in [7, 11) is 2.78. The van der Waals surface area contributed by atoms with Gasteiger partial charge in [0.15, 0.2) is 0 Å². The van der Waals surface area contributed by atoms with Crippen LogP contribution in [0.25, 0.3) is 0 Å². The maximum Gasteiger partial charge on any atom is 0.0342 e. The number of piperidine rings is 1. The number of hydrogen-bond acceptors (Lipinski definition) is 2. The Morgan fingerprint density at radius 2 is 1.69 bits per heavy atom. The predicted octanol–water partition coefficient (Wildman–Crippen LogP) is 3.38. The van der Waals surface area contributed by atoms with E-state index in [0.717, 1.165) is 0 Å². The normalized spacial score (nSPS) is 17.4. The quantitative estimate of drug-likeness (QED) is 0.795. The number of anilines is 1. The second kappa shape index (κ2) is 7.65. The lowest BCUT2D eigenvalue weighted by atomic mass is 10.1. The molecule has 1 atom stereocenters. The van der Waals surface area contributed by atoms with Crippen molar-refractivity contribution in [2.45, 2.75) is 32.7 Å². The SMILES string of the molecule is CC.PN1CCC(Nc2ccccc2)CC1. The average Bonchev–Trinajstić information content (AvgIpc) is 2.36. The molecule has 3 heteroatoms. The highest BCUT2D eigenvalue weighted by Crippen LogP contribution is 2.17. The minimum atomic E-state index is 0.647. The fraction of sp³-hybridized carbons (Fsp3) is 0.538. The summed E-state index contributed by atoms with van der Waals surface area (Å²) in [5.74, 6) is 0. The van der Waals surface area contributed by atoms with Crippen LogP contribution in [-0.4, -0.2) is 23.8 Å². The van der Waals surface area contributed by atoms with E-state index in [4.69, 9.17) is 0 Å². The Hall–Kier alpha value is -0.590. The molecule has 1 fully saturated rings. The van der Waals surface area contributed by atoms with Crippen LogP contribution in [0.5, 0.6) is 0 Å². The van der Waals surface area contributed by atoms with Crippen LogP contribution in [0, 0.1) is 0 Å². The van der Waals surface area contributed by atoms with Gasteiger partial charge in [-0.2, -0.15) is 0 Å². The van der Waals surface area contributed by atoms with E-state index in [1.54, 1.807) is 0 Å². The summed E-state index contributed by atoms with van der Waals surface area (Å²) < 4.78 is 2.31. The van der Waals surface area contributed by atoms with Crippen molar-refractivity contribution in [3.8, 4) is 0 Å². The van der Waals surface area contributed by atoms with Crippen LogP contribution in [0.2, 0.25) is 0 Å². The number of nitrogens with one attached hydrogen (secondary N) is 1. The monoisotopic (exact) mass is 238 g/mol. The summed E-state index contributed by atoms with van der Waals surface area (Å²) in [6, 6.07) is 11.1. The van der Waals surface area contributed by atoms with Crippen LogP contribution >= 0.6 is 9.39 Å². The van der Waals surface area contributed by atoms with Gasteiger partial charge < -0.3 is 5.32 Å². The summed E-state index contributed by atoms with van der Waals surface area (Å²) in [5, 5.41) is 3.57. The van der Waals surface area contributed by atoms with Crippen molar-refractivity contribution >= 4 is 15.1 Å². The standard InChI is InChI=1S/C11H17N2P.C2H6/c14-13-8-6-11(7-9-13)12-10-4-2-1-3-5-10;1-2/h1-5,11-12H,6-9,14H2;1-2H3. The lowest BCUT2D eigenvalue weighted by molar-refractivity contribution is 0.357. The molecule has 1 aromatic rings. The second-order valence-corrected chi connectivity index (χ2v) is 4.55. The average molecular weight is 238 g/mol. The van der Waals surface area contributed by atoms with Crippen molar-refractivity contribution in [2.24, 2.45) is 0 Å². The van der Waals surface area contributed by atoms with Gasteiger partial charge in [-0.05, 0) is 25.0 Å². The van der Waals surface area contributed by atoms with Gasteiger partial charge in [-0.15, -0.1) is 0 Å². The second-order valence-electron chi connectivity index (χ2n) is 3.82. The molecule has 1 unspecified atom stereocenters. The molecule has 2 rings (SSSR count). The van der Waals surface area contributed by atoms with Crippen molar-refractivity contribution < 1.29 is 0 Å². The Morgan fingerprint density at radius 1 is 1.12 bits per heavy atom. The first-order chi connectivity index (χ1) is 7.84. The van der Waals surface area contributed by atoms with Crippen LogP contribution in [-0.2, 0) is 0 Å². The highest BCUT2D eigenvalue weighted by atomic mass is 31.0. The minimum Gasteiger partial charge on any atom is -0.382 e. The van der Waals surface area contributed by atoms with E-state index in [1.165, 1.54) is 31.6 Å². The molecule has 0 bridgehead atoms. The highest BCUT2D eigenvalue weighted by Gasteiger charge is 2.15. The van der Waals surface area contributed by atoms with Gasteiger partial charge in [-0.1, -0.05) is 41.4 Å². The third kappa shape index (κ3) is 4.51. The number of benzene rings is 1. The van der Waals surface area contributed by atoms with Gasteiger partial charge in [0.2, 0.25) is 0 Å². The van der Waals surface area contributed by atoms with Gasteiger partial charge in [0.25, 0.3) is 0 Å². The third-order valence-electron chi connectivity index (χ3n) is 2.67. The van der Waals surface area contributed by atoms with E-state index in [-0.39, 0.29) is 0 Å². The summed E-state index contributed by atoms with van der Waals surface area (Å²) in [6.45, 7) is 6.35. The van der Waals surface area contributed by atoms with Crippen molar-refractivity contribution in [1.82, 2.24) is 4.67 Å². The molecule has 16 heavy (non-hydrogen) atoms. The number of nitrogens with zero attached hydrogens (tertiary/aromatic N) is 1. The fourth-order valence-corrected chi connectivity index (χ4v) is 2.11. The zero-order valence-electron chi connectivity index (χ0n) is 10.3. The maximum atomic E-state index is 3.57. The highest BCUT2D eigenvalue weighted by molar-refractivity contribution is 7.13. The molecule has 1 aromatic carbocycles. The van der Waals surface area contributed by atoms with E-state index in [1.807, 2.05) is 13.8 Å². The van der Waals surface area contributed by atoms with Crippen LogP contribution in [0.4, 0.5) is 5.69 Å². The third-order valence-corrected chi connectivity index (χ3v) is 3.19. The van der Waals surface area contributed by atoms with E-state index >= 15 is 0 Å². The van der Waals surface area contributed by atoms with Gasteiger partial charge in [0.05, 0.1) is 0 Å². The van der Waals surface area contributed by atoms with E-state index in [2.05, 4.69) is 49.7 Å². The first-order valence-corrected chi connectivity index (χ1v) is 6.67. The Balaban J connectivity index is 0.000000606. The van der Waals surface area contributed by atoms with Gasteiger partial charge in [0, 0.05) is 24.8 Å². The number of hydrogen-bond donors (Lipinski definition) is 1. The molecular weight excluding hydrogens is 215 g/mol. The van der Waals surface area contributed by atoms with Gasteiger partial charge >= 0.3 is 0 Å². The fourth-order valence-electron chi connectivity index (χ4n) is 1.81. The first-order valence-electron chi connectivity index (χ1n) is 6.16. The van der Waals surface area contributed by atoms with Crippen LogP contribution in [0.15, 0.2) is 30.3 Å². The zero-order valence-corrected chi connectivity index (χ0v) is 11.5. The molecule has 1 aliphatic rings. The number of rotatable bonds is 2. The molecule has 1 heterocycles. The molecule has 0 amide bonds. The molecule has 1 aliphatic heterocycles. The van der Waals surface area contributed by atoms with Crippen LogP contribution < -0.4 is 5.32 Å². The topological polar surface area (TPSA) is 15.3 Å². The first kappa shape index (κ1) is 13.5. The van der Waals surface area contributed by atoms with Crippen molar-refractivity contribution in [3.05, 3.63) is 30.3 Å². The van der Waals surface area contributed by atoms with Crippen molar-refractivity contribution in [3.63, 3.8) is 0 Å². The largest absolute Gasteiger partial charge is 0.382 e. The van der Waals surface area contributed by atoms with E-state index in [9.17, 15) is 0 Å². The molecule has 0 aromatic heterocycles. The zero-order chi connectivity index (χ0) is 11.8. The van der Waals surface area contributed by atoms with E-state index in [0.29, 0.717) is 6.04 Å². The molecule has 1 saturated heterocycles. The van der Waals surface area contributed by atoms with Crippen molar-refractivity contribution in [2.75, 3.05) is 18.4 Å². The van der Waals surface area contributed by atoms with Crippen molar-refractivity contribution in [1.29, 1.82) is 0 Å². The maximum absolute atomic E-state index is 3.57. The van der Waals surface area contributed by atoms with Crippen LogP contribution in [0.3, 0.4) is 0 Å². The molecular formula is C13H23N2P. The Bertz CT molecular complexity index is 269. The Labute approximate surface area is 102 Å². The predicted molar refractivity (Wildman–Crippen MR) is 75.7 cm³/mol. The lowest BCUT2D eigenvalue weighted by Gasteiger charge is -2.29. The Morgan fingerprint density at radius 3 is 2.25 bits per heavy atom. The minimum absolute atomic E-state index is 0.647. The molecule has 0 aliphatic carbocycles.